The van der Waals surface area contributed by atoms with Crippen LogP contribution < -0.4 is 4.90 Å². The maximum atomic E-state index is 12.6. The summed E-state index contributed by atoms with van der Waals surface area (Å²) in [5.74, 6) is 1.44. The summed E-state index contributed by atoms with van der Waals surface area (Å²) in [5.41, 5.74) is 3.37. The van der Waals surface area contributed by atoms with Crippen LogP contribution in [0.3, 0.4) is 0 Å². The summed E-state index contributed by atoms with van der Waals surface area (Å²) in [6, 6.07) is 7.90. The van der Waals surface area contributed by atoms with Crippen molar-refractivity contribution in [2.45, 2.75) is 34.2 Å². The van der Waals surface area contributed by atoms with Crippen LogP contribution in [0.15, 0.2) is 24.3 Å². The molecule has 2 aromatic rings. The van der Waals surface area contributed by atoms with Crippen molar-refractivity contribution >= 4 is 23.3 Å². The Hall–Kier alpha value is -1.85. The third-order valence-electron chi connectivity index (χ3n) is 4.80. The standard InChI is InChI=1S/C20H27ClN4O/c1-14(2)11-23-7-8-24(20(26)13-23)19-9-16(4)25(22-19)12-17-10-18(21)6-5-15(17)3/h5-6,9-10,14H,7-8,11-13H2,1-4H3. The first kappa shape index (κ1) is 18.9. The SMILES string of the molecule is Cc1ccc(Cl)cc1Cn1nc(N2CCN(CC(C)C)CC2=O)cc1C. The number of anilines is 1. The first-order chi connectivity index (χ1) is 12.3. The van der Waals surface area contributed by atoms with Crippen molar-refractivity contribution in [1.29, 1.82) is 0 Å². The van der Waals surface area contributed by atoms with Crippen molar-refractivity contribution in [3.8, 4) is 0 Å². The van der Waals surface area contributed by atoms with Gasteiger partial charge in [0.05, 0.1) is 13.1 Å². The second kappa shape index (κ2) is 7.80. The molecule has 1 aliphatic heterocycles. The largest absolute Gasteiger partial charge is 0.293 e. The predicted octanol–water partition coefficient (Wildman–Crippen LogP) is 3.51. The third kappa shape index (κ3) is 4.27. The van der Waals surface area contributed by atoms with E-state index in [0.29, 0.717) is 25.6 Å². The molecular weight excluding hydrogens is 348 g/mol. The summed E-state index contributed by atoms with van der Waals surface area (Å²) < 4.78 is 1.95. The summed E-state index contributed by atoms with van der Waals surface area (Å²) in [6.45, 7) is 12.1. The molecule has 0 atom stereocenters. The van der Waals surface area contributed by atoms with Crippen LogP contribution in [0.2, 0.25) is 5.02 Å². The van der Waals surface area contributed by atoms with Crippen molar-refractivity contribution in [3.05, 3.63) is 46.1 Å². The van der Waals surface area contributed by atoms with Crippen LogP contribution in [0.1, 0.15) is 30.7 Å². The zero-order chi connectivity index (χ0) is 18.8. The van der Waals surface area contributed by atoms with E-state index in [4.69, 9.17) is 16.7 Å². The fourth-order valence-corrected chi connectivity index (χ4v) is 3.59. The molecule has 26 heavy (non-hydrogen) atoms. The first-order valence-electron chi connectivity index (χ1n) is 9.15. The average Bonchev–Trinajstić information content (AvgIpc) is 2.91. The number of amides is 1. The highest BCUT2D eigenvalue weighted by Crippen LogP contribution is 2.21. The van der Waals surface area contributed by atoms with Crippen LogP contribution >= 0.6 is 11.6 Å². The van der Waals surface area contributed by atoms with Crippen LogP contribution in [0.4, 0.5) is 5.82 Å². The molecular formula is C20H27ClN4O. The van der Waals surface area contributed by atoms with Gasteiger partial charge in [0.2, 0.25) is 5.91 Å². The zero-order valence-electron chi connectivity index (χ0n) is 16.0. The van der Waals surface area contributed by atoms with Gasteiger partial charge in [-0.05, 0) is 43.0 Å². The highest BCUT2D eigenvalue weighted by atomic mass is 35.5. The van der Waals surface area contributed by atoms with Crippen molar-refractivity contribution in [2.24, 2.45) is 5.92 Å². The van der Waals surface area contributed by atoms with Gasteiger partial charge in [0.15, 0.2) is 5.82 Å². The Bertz CT molecular complexity index is 799. The van der Waals surface area contributed by atoms with Gasteiger partial charge in [0.1, 0.15) is 0 Å². The van der Waals surface area contributed by atoms with Gasteiger partial charge >= 0.3 is 0 Å². The van der Waals surface area contributed by atoms with Crippen LogP contribution in [-0.4, -0.2) is 46.8 Å². The van der Waals surface area contributed by atoms with Crippen LogP contribution in [0.5, 0.6) is 0 Å². The maximum Gasteiger partial charge on any atom is 0.242 e. The molecule has 140 valence electrons. The molecule has 6 heteroatoms. The molecule has 0 radical (unpaired) electrons. The van der Waals surface area contributed by atoms with E-state index in [0.717, 1.165) is 35.2 Å². The van der Waals surface area contributed by atoms with E-state index >= 15 is 0 Å². The fourth-order valence-electron chi connectivity index (χ4n) is 3.39. The smallest absolute Gasteiger partial charge is 0.242 e. The van der Waals surface area contributed by atoms with Crippen molar-refractivity contribution in [3.63, 3.8) is 0 Å². The van der Waals surface area contributed by atoms with Gasteiger partial charge < -0.3 is 0 Å². The molecule has 0 spiro atoms. The minimum atomic E-state index is 0.125. The summed E-state index contributed by atoms with van der Waals surface area (Å²) in [6.07, 6.45) is 0. The number of nitrogens with zero attached hydrogens (tertiary/aromatic N) is 4. The fraction of sp³-hybridized carbons (Fsp3) is 0.500. The van der Waals surface area contributed by atoms with E-state index in [9.17, 15) is 4.79 Å². The summed E-state index contributed by atoms with van der Waals surface area (Å²) in [4.78, 5) is 16.6. The quantitative estimate of drug-likeness (QED) is 0.804. The van der Waals surface area contributed by atoms with E-state index in [-0.39, 0.29) is 5.91 Å². The molecule has 0 bridgehead atoms. The number of hydrogen-bond donors (Lipinski definition) is 0. The number of piperazine rings is 1. The van der Waals surface area contributed by atoms with Gasteiger partial charge in [-0.3, -0.25) is 19.3 Å². The predicted molar refractivity (Wildman–Crippen MR) is 106 cm³/mol. The monoisotopic (exact) mass is 374 g/mol. The van der Waals surface area contributed by atoms with Gasteiger partial charge in [-0.15, -0.1) is 0 Å². The average molecular weight is 375 g/mol. The Balaban J connectivity index is 1.74. The Morgan fingerprint density at radius 1 is 1.19 bits per heavy atom. The number of halogens is 1. The topological polar surface area (TPSA) is 41.4 Å². The van der Waals surface area contributed by atoms with Crippen LogP contribution in [0, 0.1) is 19.8 Å². The molecule has 1 fully saturated rings. The highest BCUT2D eigenvalue weighted by molar-refractivity contribution is 6.30. The highest BCUT2D eigenvalue weighted by Gasteiger charge is 2.27. The molecule has 0 saturated carbocycles. The molecule has 1 aliphatic rings. The minimum Gasteiger partial charge on any atom is -0.293 e. The summed E-state index contributed by atoms with van der Waals surface area (Å²) in [5, 5.41) is 5.42. The Morgan fingerprint density at radius 3 is 2.65 bits per heavy atom. The van der Waals surface area contributed by atoms with Crippen LogP contribution in [-0.2, 0) is 11.3 Å². The van der Waals surface area contributed by atoms with Crippen LogP contribution in [0.25, 0.3) is 0 Å². The number of carbonyl (C=O) groups excluding carboxylic acids is 1. The molecule has 2 heterocycles. The molecule has 0 N–H and O–H groups in total. The van der Waals surface area contributed by atoms with E-state index < -0.39 is 0 Å². The van der Waals surface area contributed by atoms with Gasteiger partial charge in [0, 0.05) is 36.4 Å². The molecule has 1 aromatic carbocycles. The Kier molecular flexibility index (Phi) is 5.68. The summed E-state index contributed by atoms with van der Waals surface area (Å²) >= 11 is 6.13. The lowest BCUT2D eigenvalue weighted by Gasteiger charge is -2.33. The second-order valence-corrected chi connectivity index (χ2v) is 7.98. The molecule has 1 amide bonds. The second-order valence-electron chi connectivity index (χ2n) is 7.55. The van der Waals surface area contributed by atoms with Crippen molar-refractivity contribution < 1.29 is 4.79 Å². The number of benzene rings is 1. The first-order valence-corrected chi connectivity index (χ1v) is 9.53. The molecule has 3 rings (SSSR count). The molecule has 5 nitrogen and oxygen atoms in total. The lowest BCUT2D eigenvalue weighted by Crippen LogP contribution is -2.51. The number of aryl methyl sites for hydroxylation is 2. The van der Waals surface area contributed by atoms with E-state index in [1.54, 1.807) is 0 Å². The van der Waals surface area contributed by atoms with E-state index in [1.807, 2.05) is 40.8 Å². The Morgan fingerprint density at radius 2 is 1.96 bits per heavy atom. The number of hydrogen-bond acceptors (Lipinski definition) is 3. The van der Waals surface area contributed by atoms with Gasteiger partial charge in [0.25, 0.3) is 0 Å². The molecule has 0 unspecified atom stereocenters. The number of aromatic nitrogens is 2. The zero-order valence-corrected chi connectivity index (χ0v) is 16.8. The van der Waals surface area contributed by atoms with Gasteiger partial charge in [-0.1, -0.05) is 31.5 Å². The van der Waals surface area contributed by atoms with Gasteiger partial charge in [-0.25, -0.2) is 0 Å². The van der Waals surface area contributed by atoms with Crippen molar-refractivity contribution in [2.75, 3.05) is 31.1 Å². The Labute approximate surface area is 160 Å². The number of carbonyl (C=O) groups is 1. The van der Waals surface area contributed by atoms with E-state index in [2.05, 4.69) is 25.7 Å². The normalized spacial score (nSPS) is 15.9. The van der Waals surface area contributed by atoms with E-state index in [1.165, 1.54) is 5.56 Å². The molecule has 1 saturated heterocycles. The lowest BCUT2D eigenvalue weighted by atomic mass is 10.1. The number of rotatable bonds is 5. The molecule has 1 aromatic heterocycles. The minimum absolute atomic E-state index is 0.125. The lowest BCUT2D eigenvalue weighted by molar-refractivity contribution is -0.121. The maximum absolute atomic E-state index is 12.6. The summed E-state index contributed by atoms with van der Waals surface area (Å²) in [7, 11) is 0. The van der Waals surface area contributed by atoms with Crippen molar-refractivity contribution in [1.82, 2.24) is 14.7 Å². The molecule has 0 aliphatic carbocycles. The van der Waals surface area contributed by atoms with Gasteiger partial charge in [-0.2, -0.15) is 5.10 Å². The third-order valence-corrected chi connectivity index (χ3v) is 5.03.